The van der Waals surface area contributed by atoms with Crippen molar-refractivity contribution >= 4 is 39.1 Å². The number of thiophene rings is 1. The summed E-state index contributed by atoms with van der Waals surface area (Å²) in [5.41, 5.74) is 1.76. The van der Waals surface area contributed by atoms with E-state index in [0.29, 0.717) is 10.8 Å². The second-order valence-electron chi connectivity index (χ2n) is 6.24. The summed E-state index contributed by atoms with van der Waals surface area (Å²) in [6, 6.07) is 3.78. The molecule has 0 saturated carbocycles. The number of amides is 1. The molecule has 1 aliphatic rings. The first-order valence-electron chi connectivity index (χ1n) is 8.08. The van der Waals surface area contributed by atoms with Crippen molar-refractivity contribution in [2.75, 3.05) is 33.2 Å². The lowest BCUT2D eigenvalue weighted by molar-refractivity contribution is 0.0648. The van der Waals surface area contributed by atoms with E-state index < -0.39 is 0 Å². The van der Waals surface area contributed by atoms with Gasteiger partial charge in [-0.3, -0.25) is 9.78 Å². The molecule has 1 fully saturated rings. The summed E-state index contributed by atoms with van der Waals surface area (Å²) in [6.07, 6.45) is 3.45. The fraction of sp³-hybridized carbons (Fsp3) is 0.353. The van der Waals surface area contributed by atoms with Crippen LogP contribution in [0.3, 0.4) is 0 Å². The van der Waals surface area contributed by atoms with Gasteiger partial charge in [-0.1, -0.05) is 11.6 Å². The van der Waals surface area contributed by atoms with Crippen LogP contribution in [0.2, 0.25) is 5.02 Å². The molecule has 6 nitrogen and oxygen atoms in total. The zero-order chi connectivity index (χ0) is 17.6. The lowest BCUT2D eigenvalue weighted by atomic mass is 10.3. The fourth-order valence-electron chi connectivity index (χ4n) is 3.02. The summed E-state index contributed by atoms with van der Waals surface area (Å²) in [7, 11) is 3.95. The SMILES string of the molecule is CN1CCN(C(=O)c2ncc(-c3cc4nccc(Cl)c4s3)n2C)CC1. The first kappa shape index (κ1) is 16.5. The van der Waals surface area contributed by atoms with E-state index in [1.54, 1.807) is 29.8 Å². The molecule has 8 heteroatoms. The first-order chi connectivity index (χ1) is 12.0. The van der Waals surface area contributed by atoms with Gasteiger partial charge in [0.15, 0.2) is 5.82 Å². The van der Waals surface area contributed by atoms with Crippen LogP contribution in [0, 0.1) is 0 Å². The molecule has 0 radical (unpaired) electrons. The number of aromatic nitrogens is 3. The van der Waals surface area contributed by atoms with Gasteiger partial charge in [-0.25, -0.2) is 4.98 Å². The van der Waals surface area contributed by atoms with Gasteiger partial charge in [0.1, 0.15) is 0 Å². The molecule has 0 aromatic carbocycles. The van der Waals surface area contributed by atoms with Crippen LogP contribution < -0.4 is 0 Å². The minimum atomic E-state index is -0.0147. The standard InChI is InChI=1S/C17H18ClN5OS/c1-21-5-7-23(8-6-21)17(24)16-20-10-13(22(16)2)14-9-12-15(25-14)11(18)3-4-19-12/h3-4,9-10H,5-8H2,1-2H3. The van der Waals surface area contributed by atoms with Gasteiger partial charge < -0.3 is 14.4 Å². The van der Waals surface area contributed by atoms with Gasteiger partial charge in [0.25, 0.3) is 5.91 Å². The van der Waals surface area contributed by atoms with Crippen LogP contribution in [-0.4, -0.2) is 63.5 Å². The van der Waals surface area contributed by atoms with Crippen LogP contribution in [0.25, 0.3) is 20.8 Å². The molecule has 3 aromatic heterocycles. The van der Waals surface area contributed by atoms with E-state index in [1.165, 1.54) is 0 Å². The Morgan fingerprint density at radius 1 is 1.20 bits per heavy atom. The van der Waals surface area contributed by atoms with E-state index in [0.717, 1.165) is 47.0 Å². The van der Waals surface area contributed by atoms with Crippen molar-refractivity contribution in [1.29, 1.82) is 0 Å². The van der Waals surface area contributed by atoms with Crippen LogP contribution in [0.4, 0.5) is 0 Å². The Morgan fingerprint density at radius 3 is 2.68 bits per heavy atom. The van der Waals surface area contributed by atoms with Gasteiger partial charge in [-0.15, -0.1) is 11.3 Å². The van der Waals surface area contributed by atoms with Crippen LogP contribution in [0.15, 0.2) is 24.5 Å². The Kier molecular flexibility index (Phi) is 4.23. The van der Waals surface area contributed by atoms with Gasteiger partial charge in [-0.2, -0.15) is 0 Å². The lowest BCUT2D eigenvalue weighted by Gasteiger charge is -2.32. The number of nitrogens with zero attached hydrogens (tertiary/aromatic N) is 5. The van der Waals surface area contributed by atoms with Gasteiger partial charge in [0.05, 0.1) is 32.0 Å². The van der Waals surface area contributed by atoms with Crippen molar-refractivity contribution in [1.82, 2.24) is 24.3 Å². The van der Waals surface area contributed by atoms with Crippen LogP contribution in [0.1, 0.15) is 10.6 Å². The monoisotopic (exact) mass is 375 g/mol. The van der Waals surface area contributed by atoms with Crippen molar-refractivity contribution in [3.63, 3.8) is 0 Å². The van der Waals surface area contributed by atoms with Crippen LogP contribution >= 0.6 is 22.9 Å². The maximum Gasteiger partial charge on any atom is 0.289 e. The Bertz CT molecular complexity index is 942. The minimum Gasteiger partial charge on any atom is -0.333 e. The minimum absolute atomic E-state index is 0.0147. The van der Waals surface area contributed by atoms with Crippen LogP contribution in [0.5, 0.6) is 0 Å². The largest absolute Gasteiger partial charge is 0.333 e. The number of halogens is 1. The average Bonchev–Trinajstić information content (AvgIpc) is 3.19. The van der Waals surface area contributed by atoms with E-state index in [-0.39, 0.29) is 5.91 Å². The number of piperazine rings is 1. The highest BCUT2D eigenvalue weighted by molar-refractivity contribution is 7.22. The summed E-state index contributed by atoms with van der Waals surface area (Å²) in [5, 5.41) is 0.692. The molecule has 25 heavy (non-hydrogen) atoms. The van der Waals surface area contributed by atoms with Gasteiger partial charge in [0, 0.05) is 39.4 Å². The third-order valence-corrected chi connectivity index (χ3v) is 6.19. The third kappa shape index (κ3) is 2.92. The number of pyridine rings is 1. The van der Waals surface area contributed by atoms with E-state index in [4.69, 9.17) is 11.6 Å². The highest BCUT2D eigenvalue weighted by Crippen LogP contribution is 2.36. The molecule has 0 N–H and O–H groups in total. The number of carbonyl (C=O) groups excluding carboxylic acids is 1. The highest BCUT2D eigenvalue weighted by Gasteiger charge is 2.25. The Hall–Kier alpha value is -1.96. The molecule has 130 valence electrons. The smallest absolute Gasteiger partial charge is 0.289 e. The molecule has 0 unspecified atom stereocenters. The molecule has 3 aromatic rings. The van der Waals surface area contributed by atoms with Gasteiger partial charge >= 0.3 is 0 Å². The third-order valence-electron chi connectivity index (χ3n) is 4.59. The predicted molar refractivity (Wildman–Crippen MR) is 100 cm³/mol. The van der Waals surface area contributed by atoms with Crippen molar-refractivity contribution in [3.8, 4) is 10.6 Å². The number of fused-ring (bicyclic) bond motifs is 1. The number of rotatable bonds is 2. The lowest BCUT2D eigenvalue weighted by Crippen LogP contribution is -2.47. The molecular formula is C17H18ClN5OS. The van der Waals surface area contributed by atoms with Crippen LogP contribution in [-0.2, 0) is 7.05 Å². The highest BCUT2D eigenvalue weighted by atomic mass is 35.5. The maximum atomic E-state index is 12.8. The molecule has 0 bridgehead atoms. The average molecular weight is 376 g/mol. The quantitative estimate of drug-likeness (QED) is 0.691. The summed E-state index contributed by atoms with van der Waals surface area (Å²) in [4.78, 5) is 26.6. The number of carbonyl (C=O) groups is 1. The zero-order valence-electron chi connectivity index (χ0n) is 14.1. The number of likely N-dealkylation sites (N-methyl/N-ethyl adjacent to an activating group) is 1. The normalized spacial score (nSPS) is 15.9. The molecule has 0 spiro atoms. The Balaban J connectivity index is 1.66. The molecular weight excluding hydrogens is 358 g/mol. The summed E-state index contributed by atoms with van der Waals surface area (Å²) >= 11 is 7.82. The number of hydrogen-bond donors (Lipinski definition) is 0. The second kappa shape index (κ2) is 6.40. The van der Waals surface area contributed by atoms with Gasteiger partial charge in [0.2, 0.25) is 0 Å². The molecule has 1 aliphatic heterocycles. The Morgan fingerprint density at radius 2 is 1.96 bits per heavy atom. The van der Waals surface area contributed by atoms with E-state index >= 15 is 0 Å². The van der Waals surface area contributed by atoms with Gasteiger partial charge in [-0.05, 0) is 19.2 Å². The second-order valence-corrected chi connectivity index (χ2v) is 7.70. The molecule has 1 amide bonds. The summed E-state index contributed by atoms with van der Waals surface area (Å²) < 4.78 is 2.81. The predicted octanol–water partition coefficient (Wildman–Crippen LogP) is 2.74. The number of imidazole rings is 1. The summed E-state index contributed by atoms with van der Waals surface area (Å²) in [6.45, 7) is 3.26. The van der Waals surface area contributed by atoms with Crippen molar-refractivity contribution < 1.29 is 4.79 Å². The Labute approximate surface area is 154 Å². The van der Waals surface area contributed by atoms with E-state index in [1.807, 2.05) is 22.6 Å². The first-order valence-corrected chi connectivity index (χ1v) is 9.28. The molecule has 0 atom stereocenters. The summed E-state index contributed by atoms with van der Waals surface area (Å²) in [5.74, 6) is 0.454. The van der Waals surface area contributed by atoms with Crippen molar-refractivity contribution in [3.05, 3.63) is 35.4 Å². The topological polar surface area (TPSA) is 54.3 Å². The van der Waals surface area contributed by atoms with E-state index in [9.17, 15) is 4.79 Å². The molecule has 4 rings (SSSR count). The molecule has 1 saturated heterocycles. The van der Waals surface area contributed by atoms with Crippen molar-refractivity contribution in [2.45, 2.75) is 0 Å². The van der Waals surface area contributed by atoms with Crippen molar-refractivity contribution in [2.24, 2.45) is 7.05 Å². The maximum absolute atomic E-state index is 12.8. The molecule has 4 heterocycles. The zero-order valence-corrected chi connectivity index (χ0v) is 15.6. The fourth-order valence-corrected chi connectivity index (χ4v) is 4.36. The molecule has 0 aliphatic carbocycles. The number of hydrogen-bond acceptors (Lipinski definition) is 5. The van der Waals surface area contributed by atoms with E-state index in [2.05, 4.69) is 21.9 Å².